The molecule has 3 fully saturated rings. The summed E-state index contributed by atoms with van der Waals surface area (Å²) in [5.74, 6) is -5.06. The first-order valence-electron chi connectivity index (χ1n) is 21.4. The summed E-state index contributed by atoms with van der Waals surface area (Å²) in [7, 11) is 0. The molecule has 10 nitrogen and oxygen atoms in total. The number of rotatable bonds is 7. The monoisotopic (exact) mass is 824 g/mol. The number of halogens is 4. The Bertz CT molecular complexity index is 2350. The molecule has 6 heterocycles. The highest BCUT2D eigenvalue weighted by Gasteiger charge is 2.46. The maximum absolute atomic E-state index is 16.3. The molecule has 4 amide bonds. The van der Waals surface area contributed by atoms with Crippen molar-refractivity contribution in [1.29, 1.82) is 0 Å². The number of nitrogens with zero attached hydrogens (tertiary/aromatic N) is 4. The standard InChI is InChI=1S/C46H48F4N6O4/c1-24-16-32-30-4-2-3-5-37(30)51-43(32)41(31(24)21-39(49)50)42-35(47)19-29(20-36(42)48)54-14-8-27(9-15-54)53-12-10-28(11-13-53)55-22-25-17-33-34(18-26(25)23-55)46(60)56(45(33)59)38-6-7-40(57)52-44(38)58/h2-5,17-20,24,27-28,31,38-39,41,51H,6-16,21-23H2,1H3,(H,52,57,58)/t24-,31?,38?,41-/m1/s1. The van der Waals surface area contributed by atoms with E-state index in [0.717, 1.165) is 71.3 Å². The molecule has 6 aliphatic rings. The SMILES string of the molecule is C[C@@H]1Cc2c([nH]c3ccccc23)[C@@H](c2c(F)cc(N3CCC(N4CCC(N5Cc6cc7c(cc6C5)C(=O)N(C5CCC(=O)NC5=O)C7=O)CC4)CC3)cc2F)C1CC(F)F. The number of H-pyrrole nitrogens is 1. The molecule has 0 spiro atoms. The maximum Gasteiger partial charge on any atom is 0.262 e. The van der Waals surface area contributed by atoms with Gasteiger partial charge in [-0.2, -0.15) is 0 Å². The van der Waals surface area contributed by atoms with E-state index in [1.807, 2.05) is 48.2 Å². The number of carbonyl (C=O) groups excluding carboxylic acids is 4. The summed E-state index contributed by atoms with van der Waals surface area (Å²) in [6.07, 6.45) is 1.39. The summed E-state index contributed by atoms with van der Waals surface area (Å²) in [5, 5.41) is 3.21. The van der Waals surface area contributed by atoms with Gasteiger partial charge in [0.25, 0.3) is 11.8 Å². The van der Waals surface area contributed by atoms with Crippen LogP contribution in [-0.4, -0.2) is 94.0 Å². The lowest BCUT2D eigenvalue weighted by molar-refractivity contribution is -0.136. The van der Waals surface area contributed by atoms with E-state index in [-0.39, 0.29) is 24.3 Å². The highest BCUT2D eigenvalue weighted by atomic mass is 19.3. The van der Waals surface area contributed by atoms with Crippen molar-refractivity contribution in [3.63, 3.8) is 0 Å². The highest BCUT2D eigenvalue weighted by molar-refractivity contribution is 6.23. The largest absolute Gasteiger partial charge is 0.371 e. The van der Waals surface area contributed by atoms with Crippen LogP contribution < -0.4 is 10.2 Å². The molecule has 2 N–H and O–H groups in total. The number of carbonyl (C=O) groups is 4. The molecule has 14 heteroatoms. The van der Waals surface area contributed by atoms with Crippen molar-refractivity contribution in [1.82, 2.24) is 25.0 Å². The fraction of sp³-hybridized carbons (Fsp3) is 0.478. The Morgan fingerprint density at radius 2 is 1.40 bits per heavy atom. The van der Waals surface area contributed by atoms with Gasteiger partial charge in [-0.1, -0.05) is 25.1 Å². The number of amides is 4. The van der Waals surface area contributed by atoms with Crippen LogP contribution in [0.15, 0.2) is 48.5 Å². The van der Waals surface area contributed by atoms with E-state index in [4.69, 9.17) is 0 Å². The summed E-state index contributed by atoms with van der Waals surface area (Å²) in [6, 6.07) is 13.8. The van der Waals surface area contributed by atoms with Gasteiger partial charge in [0.05, 0.1) is 11.1 Å². The average Bonchev–Trinajstić information content (AvgIpc) is 3.89. The lowest BCUT2D eigenvalue weighted by Gasteiger charge is -2.44. The number of likely N-dealkylation sites (tertiary alicyclic amines) is 1. The van der Waals surface area contributed by atoms with Gasteiger partial charge in [-0.3, -0.25) is 34.3 Å². The molecular formula is C46H48F4N6O4. The summed E-state index contributed by atoms with van der Waals surface area (Å²) in [5.41, 5.74) is 5.43. The number of benzene rings is 3. The fourth-order valence-corrected chi connectivity index (χ4v) is 11.5. The van der Waals surface area contributed by atoms with Gasteiger partial charge >= 0.3 is 0 Å². The molecule has 60 heavy (non-hydrogen) atoms. The van der Waals surface area contributed by atoms with E-state index in [9.17, 15) is 28.0 Å². The van der Waals surface area contributed by atoms with Crippen molar-refractivity contribution in [3.8, 4) is 0 Å². The third kappa shape index (κ3) is 6.61. The van der Waals surface area contributed by atoms with Crippen LogP contribution in [0.1, 0.15) is 106 Å². The number of para-hydroxylation sites is 1. The Morgan fingerprint density at radius 3 is 2.03 bits per heavy atom. The zero-order valence-electron chi connectivity index (χ0n) is 33.5. The first-order valence-corrected chi connectivity index (χ1v) is 21.4. The molecule has 1 aliphatic carbocycles. The number of aromatic nitrogens is 1. The van der Waals surface area contributed by atoms with Crippen molar-refractivity contribution >= 4 is 40.2 Å². The number of imide groups is 2. The minimum atomic E-state index is -2.59. The minimum Gasteiger partial charge on any atom is -0.371 e. The van der Waals surface area contributed by atoms with E-state index in [1.54, 1.807) is 0 Å². The number of aromatic amines is 1. The molecule has 0 bridgehead atoms. The summed E-state index contributed by atoms with van der Waals surface area (Å²) >= 11 is 0. The van der Waals surface area contributed by atoms with Gasteiger partial charge in [-0.25, -0.2) is 17.6 Å². The lowest BCUT2D eigenvalue weighted by Crippen LogP contribution is -2.54. The Hall–Kier alpha value is -5.08. The second kappa shape index (κ2) is 15.1. The third-order valence-electron chi connectivity index (χ3n) is 14.5. The molecule has 0 radical (unpaired) electrons. The van der Waals surface area contributed by atoms with Crippen LogP contribution in [-0.2, 0) is 29.1 Å². The Balaban J connectivity index is 0.767. The first-order chi connectivity index (χ1) is 28.9. The van der Waals surface area contributed by atoms with E-state index >= 15 is 8.78 Å². The van der Waals surface area contributed by atoms with Gasteiger partial charge < -0.3 is 14.8 Å². The van der Waals surface area contributed by atoms with Crippen LogP contribution in [0.25, 0.3) is 10.9 Å². The molecule has 5 aliphatic heterocycles. The fourth-order valence-electron chi connectivity index (χ4n) is 11.5. The maximum atomic E-state index is 16.3. The van der Waals surface area contributed by atoms with Gasteiger partial charge in [0.15, 0.2) is 0 Å². The molecule has 4 aromatic rings. The van der Waals surface area contributed by atoms with Gasteiger partial charge in [0.1, 0.15) is 17.7 Å². The molecule has 3 saturated heterocycles. The minimum absolute atomic E-state index is 0.0785. The molecule has 0 saturated carbocycles. The van der Waals surface area contributed by atoms with Gasteiger partial charge in [-0.05, 0) is 110 Å². The normalized spacial score (nSPS) is 25.7. The van der Waals surface area contributed by atoms with Crippen LogP contribution in [0.5, 0.6) is 0 Å². The Kier molecular flexibility index (Phi) is 9.85. The van der Waals surface area contributed by atoms with E-state index < -0.39 is 66.0 Å². The number of anilines is 1. The molecule has 314 valence electrons. The topological polar surface area (TPSA) is 109 Å². The van der Waals surface area contributed by atoms with Crippen LogP contribution in [0.4, 0.5) is 23.2 Å². The van der Waals surface area contributed by atoms with Crippen molar-refractivity contribution in [2.45, 2.75) is 102 Å². The van der Waals surface area contributed by atoms with E-state index in [1.165, 1.54) is 12.1 Å². The zero-order valence-corrected chi connectivity index (χ0v) is 33.5. The number of nitrogens with one attached hydrogen (secondary N) is 2. The van der Waals surface area contributed by atoms with Crippen molar-refractivity contribution < 1.29 is 36.7 Å². The summed E-state index contributed by atoms with van der Waals surface area (Å²) in [4.78, 5) is 62.3. The molecule has 10 rings (SSSR count). The highest BCUT2D eigenvalue weighted by Crippen LogP contribution is 2.49. The summed E-state index contributed by atoms with van der Waals surface area (Å²) < 4.78 is 60.6. The molecule has 3 aromatic carbocycles. The molecular weight excluding hydrogens is 777 g/mol. The van der Waals surface area contributed by atoms with Crippen molar-refractivity contribution in [2.24, 2.45) is 11.8 Å². The van der Waals surface area contributed by atoms with Crippen molar-refractivity contribution in [2.75, 3.05) is 31.1 Å². The number of fused-ring (bicyclic) bond motifs is 5. The first kappa shape index (κ1) is 39.1. The van der Waals surface area contributed by atoms with Crippen LogP contribution >= 0.6 is 0 Å². The second-order valence-electron chi connectivity index (χ2n) is 17.8. The number of piperidine rings is 3. The van der Waals surface area contributed by atoms with Gasteiger partial charge in [-0.15, -0.1) is 0 Å². The number of alkyl halides is 2. The molecule has 4 atom stereocenters. The Morgan fingerprint density at radius 1 is 0.783 bits per heavy atom. The quantitative estimate of drug-likeness (QED) is 0.154. The predicted molar refractivity (Wildman–Crippen MR) is 216 cm³/mol. The van der Waals surface area contributed by atoms with Crippen LogP contribution in [0.3, 0.4) is 0 Å². The predicted octanol–water partition coefficient (Wildman–Crippen LogP) is 6.89. The van der Waals surface area contributed by atoms with Crippen molar-refractivity contribution in [3.05, 3.63) is 99.2 Å². The lowest BCUT2D eigenvalue weighted by atomic mass is 9.67. The second-order valence-corrected chi connectivity index (χ2v) is 17.8. The van der Waals surface area contributed by atoms with E-state index in [0.29, 0.717) is 67.2 Å². The van der Waals surface area contributed by atoms with Crippen LogP contribution in [0.2, 0.25) is 0 Å². The smallest absolute Gasteiger partial charge is 0.262 e. The summed E-state index contributed by atoms with van der Waals surface area (Å²) in [6.45, 7) is 6.39. The number of hydrogen-bond donors (Lipinski definition) is 2. The third-order valence-corrected chi connectivity index (χ3v) is 14.5. The Labute approximate surface area is 345 Å². The molecule has 1 aromatic heterocycles. The van der Waals surface area contributed by atoms with E-state index in [2.05, 4.69) is 20.1 Å². The number of hydrogen-bond acceptors (Lipinski definition) is 7. The van der Waals surface area contributed by atoms with Gasteiger partial charge in [0.2, 0.25) is 18.2 Å². The average molecular weight is 825 g/mol. The van der Waals surface area contributed by atoms with Gasteiger partial charge in [0, 0.05) is 84.9 Å². The van der Waals surface area contributed by atoms with Crippen LogP contribution in [0, 0.1) is 23.5 Å². The zero-order chi connectivity index (χ0) is 41.6. The molecule has 2 unspecified atom stereocenters.